The normalized spacial score (nSPS) is 21.3. The van der Waals surface area contributed by atoms with Gasteiger partial charge in [0.15, 0.2) is 0 Å². The van der Waals surface area contributed by atoms with Crippen molar-refractivity contribution in [3.05, 3.63) is 46.8 Å². The van der Waals surface area contributed by atoms with Gasteiger partial charge in [0.1, 0.15) is 5.69 Å². The van der Waals surface area contributed by atoms with Crippen LogP contribution in [0.4, 0.5) is 18.9 Å². The van der Waals surface area contributed by atoms with Crippen molar-refractivity contribution in [3.63, 3.8) is 0 Å². The van der Waals surface area contributed by atoms with E-state index in [1.807, 2.05) is 4.90 Å². The maximum atomic E-state index is 13.4. The SMILES string of the molecule is Cc1cc(C(=O)N2C[C@@H](C(N)=O)[C@H](C3CCN(c4ccc(C#N)c(C(F)(F)F)c4)CC3)C2)n(C)n1. The van der Waals surface area contributed by atoms with Gasteiger partial charge < -0.3 is 15.5 Å². The number of rotatable bonds is 4. The Kier molecular flexibility index (Phi) is 6.49. The number of benzene rings is 1. The third-order valence-electron chi connectivity index (χ3n) is 7.18. The number of carbonyl (C=O) groups excluding carboxylic acids is 2. The van der Waals surface area contributed by atoms with Crippen LogP contribution < -0.4 is 10.6 Å². The molecule has 1 aromatic heterocycles. The summed E-state index contributed by atoms with van der Waals surface area (Å²) in [4.78, 5) is 28.8. The number of piperidine rings is 1. The lowest BCUT2D eigenvalue weighted by Crippen LogP contribution is -2.40. The van der Waals surface area contributed by atoms with Crippen molar-refractivity contribution in [1.29, 1.82) is 5.26 Å². The fourth-order valence-electron chi connectivity index (χ4n) is 5.39. The predicted molar refractivity (Wildman–Crippen MR) is 121 cm³/mol. The molecule has 2 aromatic rings. The van der Waals surface area contributed by atoms with Crippen LogP contribution in [0.5, 0.6) is 0 Å². The number of nitriles is 1. The monoisotopic (exact) mass is 488 g/mol. The number of nitrogens with zero attached hydrogens (tertiary/aromatic N) is 5. The number of nitrogens with two attached hydrogens (primary N) is 1. The van der Waals surface area contributed by atoms with Gasteiger partial charge in [0.25, 0.3) is 5.91 Å². The van der Waals surface area contributed by atoms with E-state index in [-0.39, 0.29) is 24.3 Å². The first-order valence-electron chi connectivity index (χ1n) is 11.4. The first-order chi connectivity index (χ1) is 16.5. The van der Waals surface area contributed by atoms with Gasteiger partial charge in [-0.2, -0.15) is 23.5 Å². The van der Waals surface area contributed by atoms with Crippen LogP contribution in [0, 0.1) is 36.0 Å². The summed E-state index contributed by atoms with van der Waals surface area (Å²) in [6.45, 7) is 3.45. The molecule has 186 valence electrons. The van der Waals surface area contributed by atoms with Crippen LogP contribution in [-0.4, -0.2) is 52.7 Å². The van der Waals surface area contributed by atoms with Crippen LogP contribution >= 0.6 is 0 Å². The lowest BCUT2D eigenvalue weighted by Gasteiger charge is -2.37. The maximum Gasteiger partial charge on any atom is 0.417 e. The Morgan fingerprint density at radius 3 is 2.40 bits per heavy atom. The van der Waals surface area contributed by atoms with E-state index in [1.54, 1.807) is 31.0 Å². The number of hydrogen-bond donors (Lipinski definition) is 1. The zero-order valence-electron chi connectivity index (χ0n) is 19.5. The van der Waals surface area contributed by atoms with Gasteiger partial charge in [-0.15, -0.1) is 0 Å². The molecule has 35 heavy (non-hydrogen) atoms. The maximum absolute atomic E-state index is 13.4. The van der Waals surface area contributed by atoms with Crippen molar-refractivity contribution in [1.82, 2.24) is 14.7 Å². The Bertz CT molecular complexity index is 1180. The highest BCUT2D eigenvalue weighted by Gasteiger charge is 2.44. The minimum absolute atomic E-state index is 0.107. The first-order valence-corrected chi connectivity index (χ1v) is 11.4. The summed E-state index contributed by atoms with van der Waals surface area (Å²) in [5.41, 5.74) is 5.93. The highest BCUT2D eigenvalue weighted by atomic mass is 19.4. The third-order valence-corrected chi connectivity index (χ3v) is 7.18. The summed E-state index contributed by atoms with van der Waals surface area (Å²) in [6, 6.07) is 7.07. The van der Waals surface area contributed by atoms with E-state index in [0.717, 1.165) is 11.8 Å². The number of halogens is 3. The minimum Gasteiger partial charge on any atom is -0.372 e. The van der Waals surface area contributed by atoms with E-state index >= 15 is 0 Å². The molecule has 11 heteroatoms. The van der Waals surface area contributed by atoms with E-state index in [4.69, 9.17) is 11.0 Å². The van der Waals surface area contributed by atoms with Crippen molar-refractivity contribution < 1.29 is 22.8 Å². The number of primary amides is 1. The predicted octanol–water partition coefficient (Wildman–Crippen LogP) is 2.71. The second-order valence-electron chi connectivity index (χ2n) is 9.34. The molecule has 2 N–H and O–H groups in total. The molecular weight excluding hydrogens is 461 g/mol. The van der Waals surface area contributed by atoms with Gasteiger partial charge in [0.2, 0.25) is 5.91 Å². The van der Waals surface area contributed by atoms with Gasteiger partial charge in [-0.05, 0) is 55.9 Å². The first kappa shape index (κ1) is 24.6. The molecule has 2 aliphatic heterocycles. The van der Waals surface area contributed by atoms with Crippen LogP contribution in [-0.2, 0) is 18.0 Å². The Morgan fingerprint density at radius 2 is 1.86 bits per heavy atom. The summed E-state index contributed by atoms with van der Waals surface area (Å²) < 4.78 is 41.6. The lowest BCUT2D eigenvalue weighted by atomic mass is 9.78. The second kappa shape index (κ2) is 9.24. The summed E-state index contributed by atoms with van der Waals surface area (Å²) in [7, 11) is 1.70. The Hall–Kier alpha value is -3.55. The third kappa shape index (κ3) is 4.83. The van der Waals surface area contributed by atoms with Gasteiger partial charge in [-0.1, -0.05) is 0 Å². The van der Waals surface area contributed by atoms with E-state index in [0.29, 0.717) is 43.9 Å². The van der Waals surface area contributed by atoms with Crippen molar-refractivity contribution >= 4 is 17.5 Å². The summed E-state index contributed by atoms with van der Waals surface area (Å²) in [5, 5.41) is 13.2. The number of aryl methyl sites for hydroxylation is 2. The molecule has 0 spiro atoms. The zero-order valence-corrected chi connectivity index (χ0v) is 19.5. The molecular formula is C24H27F3N6O2. The molecule has 0 unspecified atom stereocenters. The highest BCUT2D eigenvalue weighted by molar-refractivity contribution is 5.93. The number of likely N-dealkylation sites (tertiary alicyclic amines) is 1. The Morgan fingerprint density at radius 1 is 1.17 bits per heavy atom. The number of carbonyl (C=O) groups is 2. The molecule has 1 aromatic carbocycles. The van der Waals surface area contributed by atoms with Crippen molar-refractivity contribution in [2.24, 2.45) is 30.5 Å². The lowest BCUT2D eigenvalue weighted by molar-refractivity contribution is -0.137. The van der Waals surface area contributed by atoms with Crippen LogP contribution in [0.2, 0.25) is 0 Å². The molecule has 2 aliphatic rings. The molecule has 3 heterocycles. The Labute approximate surface area is 201 Å². The molecule has 4 rings (SSSR count). The van der Waals surface area contributed by atoms with Crippen molar-refractivity contribution in [2.45, 2.75) is 25.9 Å². The molecule has 0 bridgehead atoms. The van der Waals surface area contributed by atoms with E-state index in [2.05, 4.69) is 5.10 Å². The van der Waals surface area contributed by atoms with E-state index in [9.17, 15) is 22.8 Å². The molecule has 0 saturated carbocycles. The van der Waals surface area contributed by atoms with Crippen molar-refractivity contribution in [2.75, 3.05) is 31.1 Å². The highest BCUT2D eigenvalue weighted by Crippen LogP contribution is 2.39. The molecule has 2 amide bonds. The molecule has 0 radical (unpaired) electrons. The quantitative estimate of drug-likeness (QED) is 0.712. The fourth-order valence-corrected chi connectivity index (χ4v) is 5.39. The van der Waals surface area contributed by atoms with Gasteiger partial charge in [-0.25, -0.2) is 0 Å². The second-order valence-corrected chi connectivity index (χ2v) is 9.34. The topological polar surface area (TPSA) is 108 Å². The summed E-state index contributed by atoms with van der Waals surface area (Å²) in [6.07, 6.45) is -3.30. The summed E-state index contributed by atoms with van der Waals surface area (Å²) >= 11 is 0. The summed E-state index contributed by atoms with van der Waals surface area (Å²) in [5.74, 6) is -1.13. The fraction of sp³-hybridized carbons (Fsp3) is 0.500. The van der Waals surface area contributed by atoms with E-state index in [1.165, 1.54) is 16.8 Å². The molecule has 0 aliphatic carbocycles. The minimum atomic E-state index is -4.61. The average molecular weight is 489 g/mol. The number of aromatic nitrogens is 2. The molecule has 8 nitrogen and oxygen atoms in total. The van der Waals surface area contributed by atoms with Gasteiger partial charge in [0, 0.05) is 38.9 Å². The number of amides is 2. The molecule has 2 saturated heterocycles. The van der Waals surface area contributed by atoms with Gasteiger partial charge in [0.05, 0.1) is 28.8 Å². The van der Waals surface area contributed by atoms with Crippen molar-refractivity contribution in [3.8, 4) is 6.07 Å². The largest absolute Gasteiger partial charge is 0.417 e. The van der Waals surface area contributed by atoms with Gasteiger partial charge in [-0.3, -0.25) is 14.3 Å². The van der Waals surface area contributed by atoms with E-state index < -0.39 is 29.1 Å². The Balaban J connectivity index is 1.46. The van der Waals surface area contributed by atoms with Crippen LogP contribution in [0.1, 0.15) is 40.2 Å². The molecule has 2 fully saturated rings. The van der Waals surface area contributed by atoms with Crippen LogP contribution in [0.3, 0.4) is 0 Å². The van der Waals surface area contributed by atoms with Gasteiger partial charge >= 0.3 is 6.18 Å². The average Bonchev–Trinajstić information content (AvgIpc) is 3.41. The van der Waals surface area contributed by atoms with Crippen LogP contribution in [0.15, 0.2) is 24.3 Å². The number of hydrogen-bond acceptors (Lipinski definition) is 5. The standard InChI is InChI=1S/C24H27F3N6O2/c1-14-9-21(31(2)30-14)23(35)33-12-18(19(13-33)22(29)34)15-5-7-32(8-6-15)17-4-3-16(11-28)20(10-17)24(25,26)27/h3-4,9-10,15,18-19H,5-8,12-13H2,1-2H3,(H2,29,34)/t18-,19+/m0/s1. The van der Waals surface area contributed by atoms with Crippen LogP contribution in [0.25, 0.3) is 0 Å². The zero-order chi connectivity index (χ0) is 25.5. The number of anilines is 1. The number of alkyl halides is 3. The smallest absolute Gasteiger partial charge is 0.372 e. The molecule has 2 atom stereocenters.